The Hall–Kier alpha value is -2.63. The summed E-state index contributed by atoms with van der Waals surface area (Å²) in [5, 5.41) is 7.41. The molecule has 1 unspecified atom stereocenters. The Balaban J connectivity index is 1.49. The predicted octanol–water partition coefficient (Wildman–Crippen LogP) is 4.29. The van der Waals surface area contributed by atoms with Gasteiger partial charge in [-0.15, -0.1) is 0 Å². The largest absolute Gasteiger partial charge is 0.497 e. The number of fused-ring (bicyclic) bond motifs is 1. The zero-order valence-corrected chi connectivity index (χ0v) is 16.7. The SMILES string of the molecule is COc1cccc(C(=O)NCC(c2ccsc2)N2CCc3ccccc3C2)c1. The third-order valence-electron chi connectivity index (χ3n) is 5.32. The maximum Gasteiger partial charge on any atom is 0.251 e. The van der Waals surface area contributed by atoms with E-state index in [1.165, 1.54) is 16.7 Å². The number of nitrogens with zero attached hydrogens (tertiary/aromatic N) is 1. The number of nitrogens with one attached hydrogen (secondary N) is 1. The molecule has 1 aromatic heterocycles. The Morgan fingerprint density at radius 1 is 1.18 bits per heavy atom. The number of benzene rings is 2. The number of ether oxygens (including phenoxy) is 1. The number of thiophene rings is 1. The first-order valence-corrected chi connectivity index (χ1v) is 10.4. The second kappa shape index (κ2) is 8.59. The van der Waals surface area contributed by atoms with Crippen molar-refractivity contribution in [3.05, 3.63) is 87.6 Å². The molecule has 144 valence electrons. The Morgan fingerprint density at radius 2 is 2.04 bits per heavy atom. The van der Waals surface area contributed by atoms with Gasteiger partial charge < -0.3 is 10.1 Å². The van der Waals surface area contributed by atoms with Crippen molar-refractivity contribution >= 4 is 17.2 Å². The third kappa shape index (κ3) is 4.11. The van der Waals surface area contributed by atoms with Gasteiger partial charge in [0.05, 0.1) is 13.2 Å². The molecular formula is C23H24N2O2S. The van der Waals surface area contributed by atoms with Gasteiger partial charge in [0.2, 0.25) is 0 Å². The number of rotatable bonds is 6. The fourth-order valence-electron chi connectivity index (χ4n) is 3.76. The normalized spacial score (nSPS) is 14.9. The van der Waals surface area contributed by atoms with Gasteiger partial charge >= 0.3 is 0 Å². The van der Waals surface area contributed by atoms with Gasteiger partial charge in [0, 0.05) is 25.2 Å². The molecular weight excluding hydrogens is 368 g/mol. The van der Waals surface area contributed by atoms with Crippen LogP contribution >= 0.6 is 11.3 Å². The fourth-order valence-corrected chi connectivity index (χ4v) is 4.47. The maximum atomic E-state index is 12.7. The van der Waals surface area contributed by atoms with Crippen molar-refractivity contribution < 1.29 is 9.53 Å². The average Bonchev–Trinajstić information content (AvgIpc) is 3.28. The molecule has 3 aromatic rings. The van der Waals surface area contributed by atoms with Gasteiger partial charge in [-0.1, -0.05) is 30.3 Å². The van der Waals surface area contributed by atoms with Crippen molar-refractivity contribution in [3.8, 4) is 5.75 Å². The van der Waals surface area contributed by atoms with E-state index >= 15 is 0 Å². The summed E-state index contributed by atoms with van der Waals surface area (Å²) in [4.78, 5) is 15.2. The monoisotopic (exact) mass is 392 g/mol. The van der Waals surface area contributed by atoms with Crippen molar-refractivity contribution in [1.29, 1.82) is 0 Å². The molecule has 28 heavy (non-hydrogen) atoms. The van der Waals surface area contributed by atoms with E-state index in [-0.39, 0.29) is 11.9 Å². The summed E-state index contributed by atoms with van der Waals surface area (Å²) in [5.74, 6) is 0.617. The van der Waals surface area contributed by atoms with Crippen molar-refractivity contribution in [3.63, 3.8) is 0 Å². The molecule has 0 aliphatic carbocycles. The number of hydrogen-bond donors (Lipinski definition) is 1. The second-order valence-corrected chi connectivity index (χ2v) is 7.78. The molecule has 0 fully saturated rings. The molecule has 4 nitrogen and oxygen atoms in total. The number of amides is 1. The number of methoxy groups -OCH3 is 1. The van der Waals surface area contributed by atoms with E-state index in [4.69, 9.17) is 4.74 Å². The van der Waals surface area contributed by atoms with Crippen LogP contribution in [0.1, 0.15) is 33.1 Å². The molecule has 2 aromatic carbocycles. The molecule has 2 heterocycles. The number of carbonyl (C=O) groups excluding carboxylic acids is 1. The third-order valence-corrected chi connectivity index (χ3v) is 6.02. The highest BCUT2D eigenvalue weighted by Gasteiger charge is 2.25. The highest BCUT2D eigenvalue weighted by atomic mass is 32.1. The molecule has 1 aliphatic rings. The average molecular weight is 393 g/mol. The summed E-state index contributed by atoms with van der Waals surface area (Å²) >= 11 is 1.70. The Bertz CT molecular complexity index is 939. The van der Waals surface area contributed by atoms with Gasteiger partial charge in [-0.2, -0.15) is 11.3 Å². The topological polar surface area (TPSA) is 41.6 Å². The Morgan fingerprint density at radius 3 is 2.82 bits per heavy atom. The van der Waals surface area contributed by atoms with Crippen molar-refractivity contribution in [2.75, 3.05) is 20.2 Å². The lowest BCUT2D eigenvalue weighted by Gasteiger charge is -2.35. The van der Waals surface area contributed by atoms with Gasteiger partial charge in [0.15, 0.2) is 0 Å². The standard InChI is InChI=1S/C23H24N2O2S/c1-27-21-8-4-7-18(13-21)23(26)24-14-22(20-10-12-28-16-20)25-11-9-17-5-2-3-6-19(17)15-25/h2-8,10,12-13,16,22H,9,11,14-15H2,1H3,(H,24,26). The maximum absolute atomic E-state index is 12.7. The van der Waals surface area contributed by atoms with Crippen LogP contribution in [0.5, 0.6) is 5.75 Å². The van der Waals surface area contributed by atoms with E-state index in [1.807, 2.05) is 18.2 Å². The Kier molecular flexibility index (Phi) is 5.74. The molecule has 1 N–H and O–H groups in total. The predicted molar refractivity (Wildman–Crippen MR) is 113 cm³/mol. The van der Waals surface area contributed by atoms with Crippen LogP contribution < -0.4 is 10.1 Å². The summed E-state index contributed by atoms with van der Waals surface area (Å²) in [6.07, 6.45) is 1.04. The van der Waals surface area contributed by atoms with Gasteiger partial charge in [-0.25, -0.2) is 0 Å². The molecule has 0 bridgehead atoms. The number of hydrogen-bond acceptors (Lipinski definition) is 4. The van der Waals surface area contributed by atoms with E-state index in [9.17, 15) is 4.79 Å². The van der Waals surface area contributed by atoms with Crippen molar-refractivity contribution in [2.24, 2.45) is 0 Å². The highest BCUT2D eigenvalue weighted by molar-refractivity contribution is 7.07. The molecule has 0 radical (unpaired) electrons. The molecule has 4 rings (SSSR count). The van der Waals surface area contributed by atoms with E-state index in [1.54, 1.807) is 24.5 Å². The van der Waals surface area contributed by atoms with Crippen LogP contribution in [0.2, 0.25) is 0 Å². The first kappa shape index (κ1) is 18.7. The molecule has 0 saturated carbocycles. The summed E-state index contributed by atoms with van der Waals surface area (Å²) in [7, 11) is 1.61. The lowest BCUT2D eigenvalue weighted by Crippen LogP contribution is -2.40. The number of carbonyl (C=O) groups is 1. The second-order valence-electron chi connectivity index (χ2n) is 7.00. The fraction of sp³-hybridized carbons (Fsp3) is 0.261. The summed E-state index contributed by atoms with van der Waals surface area (Å²) in [6.45, 7) is 2.48. The van der Waals surface area contributed by atoms with Crippen molar-refractivity contribution in [2.45, 2.75) is 19.0 Å². The van der Waals surface area contributed by atoms with Gasteiger partial charge in [-0.05, 0) is 58.1 Å². The van der Waals surface area contributed by atoms with E-state index in [0.717, 1.165) is 19.5 Å². The zero-order valence-electron chi connectivity index (χ0n) is 15.9. The molecule has 0 spiro atoms. The molecule has 1 amide bonds. The summed E-state index contributed by atoms with van der Waals surface area (Å²) < 4.78 is 5.23. The zero-order chi connectivity index (χ0) is 19.3. The molecule has 5 heteroatoms. The lowest BCUT2D eigenvalue weighted by atomic mass is 9.97. The lowest BCUT2D eigenvalue weighted by molar-refractivity contribution is 0.0927. The van der Waals surface area contributed by atoms with Crippen LogP contribution in [-0.2, 0) is 13.0 Å². The minimum absolute atomic E-state index is 0.0726. The van der Waals surface area contributed by atoms with Crippen LogP contribution in [0, 0.1) is 0 Å². The van der Waals surface area contributed by atoms with E-state index < -0.39 is 0 Å². The Labute approximate surface area is 169 Å². The minimum Gasteiger partial charge on any atom is -0.497 e. The molecule has 1 atom stereocenters. The first-order chi connectivity index (χ1) is 13.7. The van der Waals surface area contributed by atoms with Crippen LogP contribution in [0.3, 0.4) is 0 Å². The molecule has 1 aliphatic heterocycles. The van der Waals surface area contributed by atoms with E-state index in [2.05, 4.69) is 51.3 Å². The van der Waals surface area contributed by atoms with E-state index in [0.29, 0.717) is 17.9 Å². The van der Waals surface area contributed by atoms with Crippen LogP contribution in [0.4, 0.5) is 0 Å². The van der Waals surface area contributed by atoms with Crippen LogP contribution in [0.15, 0.2) is 65.4 Å². The van der Waals surface area contributed by atoms with Gasteiger partial charge in [0.25, 0.3) is 5.91 Å². The minimum atomic E-state index is -0.0726. The van der Waals surface area contributed by atoms with Crippen LogP contribution in [0.25, 0.3) is 0 Å². The first-order valence-electron chi connectivity index (χ1n) is 9.50. The smallest absolute Gasteiger partial charge is 0.251 e. The van der Waals surface area contributed by atoms with Gasteiger partial charge in [0.1, 0.15) is 5.75 Å². The van der Waals surface area contributed by atoms with Crippen molar-refractivity contribution in [1.82, 2.24) is 10.2 Å². The summed E-state index contributed by atoms with van der Waals surface area (Å²) in [6, 6.07) is 18.2. The molecule has 0 saturated heterocycles. The van der Waals surface area contributed by atoms with Crippen LogP contribution in [-0.4, -0.2) is 31.0 Å². The van der Waals surface area contributed by atoms with Gasteiger partial charge in [-0.3, -0.25) is 9.69 Å². The summed E-state index contributed by atoms with van der Waals surface area (Å²) in [5.41, 5.74) is 4.69. The quantitative estimate of drug-likeness (QED) is 0.681. The highest BCUT2D eigenvalue weighted by Crippen LogP contribution is 2.29.